The predicted molar refractivity (Wildman–Crippen MR) is 79.1 cm³/mol. The minimum Gasteiger partial charge on any atom is -0.399 e. The van der Waals surface area contributed by atoms with Gasteiger partial charge in [0.2, 0.25) is 0 Å². The van der Waals surface area contributed by atoms with E-state index in [0.717, 1.165) is 11.3 Å². The minimum absolute atomic E-state index is 0.00410. The van der Waals surface area contributed by atoms with Crippen molar-refractivity contribution in [2.24, 2.45) is 0 Å². The Labute approximate surface area is 117 Å². The standard InChI is InChI=1S/C15H14ClN3/c1-10(13-4-2-3-5-14(13)16)19-15-7-6-12(18)8-11(15)9-17/h2-8,10,19H,18H2,1H3. The number of nitrogens with two attached hydrogens (primary N) is 1. The zero-order valence-corrected chi connectivity index (χ0v) is 11.3. The number of nitriles is 1. The second-order valence-corrected chi connectivity index (χ2v) is 4.71. The van der Waals surface area contributed by atoms with Gasteiger partial charge in [-0.15, -0.1) is 0 Å². The molecule has 2 aromatic carbocycles. The lowest BCUT2D eigenvalue weighted by Gasteiger charge is -2.18. The maximum atomic E-state index is 9.11. The molecule has 96 valence electrons. The smallest absolute Gasteiger partial charge is 0.101 e. The van der Waals surface area contributed by atoms with Crippen LogP contribution >= 0.6 is 11.6 Å². The Morgan fingerprint density at radius 1 is 1.26 bits per heavy atom. The average molecular weight is 272 g/mol. The Morgan fingerprint density at radius 3 is 2.68 bits per heavy atom. The van der Waals surface area contributed by atoms with E-state index >= 15 is 0 Å². The molecule has 0 fully saturated rings. The maximum Gasteiger partial charge on any atom is 0.101 e. The predicted octanol–water partition coefficient (Wildman–Crippen LogP) is 3.97. The summed E-state index contributed by atoms with van der Waals surface area (Å²) < 4.78 is 0. The first-order valence-electron chi connectivity index (χ1n) is 5.92. The van der Waals surface area contributed by atoms with Gasteiger partial charge >= 0.3 is 0 Å². The van der Waals surface area contributed by atoms with E-state index in [2.05, 4.69) is 11.4 Å². The summed E-state index contributed by atoms with van der Waals surface area (Å²) in [5.74, 6) is 0. The molecule has 0 radical (unpaired) electrons. The fourth-order valence-electron chi connectivity index (χ4n) is 1.92. The number of rotatable bonds is 3. The summed E-state index contributed by atoms with van der Waals surface area (Å²) in [6, 6.07) is 15.0. The van der Waals surface area contributed by atoms with Gasteiger partial charge in [-0.1, -0.05) is 29.8 Å². The van der Waals surface area contributed by atoms with E-state index in [4.69, 9.17) is 22.6 Å². The number of nitrogens with one attached hydrogen (secondary N) is 1. The van der Waals surface area contributed by atoms with Crippen molar-refractivity contribution in [2.45, 2.75) is 13.0 Å². The van der Waals surface area contributed by atoms with Crippen molar-refractivity contribution in [1.29, 1.82) is 5.26 Å². The third-order valence-corrected chi connectivity index (χ3v) is 3.25. The van der Waals surface area contributed by atoms with E-state index in [1.165, 1.54) is 0 Å². The number of nitrogen functional groups attached to an aromatic ring is 1. The highest BCUT2D eigenvalue weighted by Gasteiger charge is 2.11. The SMILES string of the molecule is CC(Nc1ccc(N)cc1C#N)c1ccccc1Cl. The van der Waals surface area contributed by atoms with Crippen LogP contribution in [0, 0.1) is 11.3 Å². The Kier molecular flexibility index (Phi) is 3.94. The minimum atomic E-state index is 0.00410. The van der Waals surface area contributed by atoms with Gasteiger partial charge in [-0.05, 0) is 36.8 Å². The molecule has 0 spiro atoms. The fraction of sp³-hybridized carbons (Fsp3) is 0.133. The highest BCUT2D eigenvalue weighted by atomic mass is 35.5. The van der Waals surface area contributed by atoms with Crippen LogP contribution in [0.5, 0.6) is 0 Å². The molecule has 1 atom stereocenters. The van der Waals surface area contributed by atoms with Gasteiger partial charge in [0.05, 0.1) is 17.3 Å². The van der Waals surface area contributed by atoms with Crippen LogP contribution in [0.4, 0.5) is 11.4 Å². The Bertz CT molecular complexity index is 632. The number of nitrogens with zero attached hydrogens (tertiary/aromatic N) is 1. The fourth-order valence-corrected chi connectivity index (χ4v) is 2.22. The normalized spacial score (nSPS) is 11.6. The van der Waals surface area contributed by atoms with Crippen molar-refractivity contribution in [1.82, 2.24) is 0 Å². The van der Waals surface area contributed by atoms with E-state index in [-0.39, 0.29) is 6.04 Å². The zero-order chi connectivity index (χ0) is 13.8. The largest absolute Gasteiger partial charge is 0.399 e. The Hall–Kier alpha value is -2.18. The molecule has 0 bridgehead atoms. The molecule has 0 saturated heterocycles. The molecule has 0 saturated carbocycles. The van der Waals surface area contributed by atoms with Gasteiger partial charge in [0, 0.05) is 10.7 Å². The molecule has 0 aliphatic heterocycles. The van der Waals surface area contributed by atoms with Crippen LogP contribution in [-0.4, -0.2) is 0 Å². The van der Waals surface area contributed by atoms with Gasteiger partial charge in [0.25, 0.3) is 0 Å². The molecule has 0 amide bonds. The summed E-state index contributed by atoms with van der Waals surface area (Å²) in [6.45, 7) is 2.00. The maximum absolute atomic E-state index is 9.11. The van der Waals surface area contributed by atoms with Crippen molar-refractivity contribution in [3.63, 3.8) is 0 Å². The van der Waals surface area contributed by atoms with Crippen molar-refractivity contribution in [3.05, 3.63) is 58.6 Å². The topological polar surface area (TPSA) is 61.8 Å². The van der Waals surface area contributed by atoms with Crippen molar-refractivity contribution in [3.8, 4) is 6.07 Å². The molecular formula is C15H14ClN3. The second kappa shape index (κ2) is 5.64. The van der Waals surface area contributed by atoms with Gasteiger partial charge in [-0.2, -0.15) is 5.26 Å². The van der Waals surface area contributed by atoms with Crippen molar-refractivity contribution in [2.75, 3.05) is 11.1 Å². The van der Waals surface area contributed by atoms with Crippen LogP contribution in [0.15, 0.2) is 42.5 Å². The van der Waals surface area contributed by atoms with E-state index in [0.29, 0.717) is 16.3 Å². The van der Waals surface area contributed by atoms with E-state index in [9.17, 15) is 0 Å². The highest BCUT2D eigenvalue weighted by Crippen LogP contribution is 2.27. The van der Waals surface area contributed by atoms with E-state index in [1.54, 1.807) is 18.2 Å². The lowest BCUT2D eigenvalue weighted by Crippen LogP contribution is -2.08. The van der Waals surface area contributed by atoms with Crippen LogP contribution in [0.3, 0.4) is 0 Å². The molecule has 2 aromatic rings. The van der Waals surface area contributed by atoms with Crippen molar-refractivity contribution < 1.29 is 0 Å². The lowest BCUT2D eigenvalue weighted by atomic mass is 10.1. The van der Waals surface area contributed by atoms with Crippen molar-refractivity contribution >= 4 is 23.0 Å². The number of benzene rings is 2. The summed E-state index contributed by atoms with van der Waals surface area (Å²) in [7, 11) is 0. The van der Waals surface area contributed by atoms with Crippen LogP contribution < -0.4 is 11.1 Å². The molecule has 19 heavy (non-hydrogen) atoms. The summed E-state index contributed by atoms with van der Waals surface area (Å²) in [4.78, 5) is 0. The monoisotopic (exact) mass is 271 g/mol. The highest BCUT2D eigenvalue weighted by molar-refractivity contribution is 6.31. The van der Waals surface area contributed by atoms with Crippen LogP contribution in [-0.2, 0) is 0 Å². The number of halogens is 1. The molecule has 2 rings (SSSR count). The molecule has 0 aliphatic rings. The van der Waals surface area contributed by atoms with Crippen LogP contribution in [0.1, 0.15) is 24.1 Å². The number of hydrogen-bond acceptors (Lipinski definition) is 3. The molecule has 3 N–H and O–H groups in total. The molecule has 3 nitrogen and oxygen atoms in total. The average Bonchev–Trinajstić information content (AvgIpc) is 2.41. The molecule has 4 heteroatoms. The van der Waals surface area contributed by atoms with Gasteiger partial charge in [-0.3, -0.25) is 0 Å². The third kappa shape index (κ3) is 2.98. The molecule has 1 unspecified atom stereocenters. The Balaban J connectivity index is 2.27. The molecule has 0 aromatic heterocycles. The van der Waals surface area contributed by atoms with Gasteiger partial charge in [0.1, 0.15) is 6.07 Å². The van der Waals surface area contributed by atoms with Crippen LogP contribution in [0.25, 0.3) is 0 Å². The van der Waals surface area contributed by atoms with Gasteiger partial charge in [-0.25, -0.2) is 0 Å². The lowest BCUT2D eigenvalue weighted by molar-refractivity contribution is 0.884. The first-order valence-corrected chi connectivity index (χ1v) is 6.30. The van der Waals surface area contributed by atoms with Crippen LogP contribution in [0.2, 0.25) is 5.02 Å². The second-order valence-electron chi connectivity index (χ2n) is 4.30. The number of anilines is 2. The van der Waals surface area contributed by atoms with E-state index in [1.807, 2.05) is 31.2 Å². The summed E-state index contributed by atoms with van der Waals surface area (Å²) >= 11 is 6.16. The molecule has 0 aliphatic carbocycles. The first kappa shape index (κ1) is 13.3. The first-order chi connectivity index (χ1) is 9.11. The summed E-state index contributed by atoms with van der Waals surface area (Å²) in [6.07, 6.45) is 0. The Morgan fingerprint density at radius 2 is 2.00 bits per heavy atom. The number of hydrogen-bond donors (Lipinski definition) is 2. The third-order valence-electron chi connectivity index (χ3n) is 2.91. The zero-order valence-electron chi connectivity index (χ0n) is 10.5. The molecular weight excluding hydrogens is 258 g/mol. The van der Waals surface area contributed by atoms with E-state index < -0.39 is 0 Å². The summed E-state index contributed by atoms with van der Waals surface area (Å²) in [5.41, 5.74) is 8.52. The van der Waals surface area contributed by atoms with Gasteiger partial charge < -0.3 is 11.1 Å². The molecule has 0 heterocycles. The summed E-state index contributed by atoms with van der Waals surface area (Å²) in [5, 5.41) is 13.1. The quantitative estimate of drug-likeness (QED) is 0.831. The van der Waals surface area contributed by atoms with Gasteiger partial charge in [0.15, 0.2) is 0 Å².